The Bertz CT molecular complexity index is 1480. The Morgan fingerprint density at radius 2 is 1.87 bits per heavy atom. The molecule has 0 bridgehead atoms. The highest BCUT2D eigenvalue weighted by molar-refractivity contribution is 7.17. The highest BCUT2D eigenvalue weighted by Crippen LogP contribution is 2.28. The van der Waals surface area contributed by atoms with Gasteiger partial charge in [-0.25, -0.2) is 4.98 Å². The van der Waals surface area contributed by atoms with Crippen LogP contribution in [-0.2, 0) is 0 Å². The van der Waals surface area contributed by atoms with E-state index in [0.717, 1.165) is 43.9 Å². The SMILES string of the molecule is Cc1cccc(Cl)c1NC(=O)c1cnc(Nc2nc(-c3ccccc3)nc(N3CCN(CCC#N)CC3)n2)s1. The number of aromatic nitrogens is 4. The number of nitrogens with one attached hydrogen (secondary N) is 2. The van der Waals surface area contributed by atoms with Gasteiger partial charge >= 0.3 is 0 Å². The van der Waals surface area contributed by atoms with Crippen molar-refractivity contribution in [1.82, 2.24) is 24.8 Å². The molecule has 39 heavy (non-hydrogen) atoms. The summed E-state index contributed by atoms with van der Waals surface area (Å²) in [5, 5.41) is 15.9. The molecule has 4 aromatic rings. The third-order valence-electron chi connectivity index (χ3n) is 6.26. The van der Waals surface area contributed by atoms with Crippen LogP contribution in [0.25, 0.3) is 11.4 Å². The summed E-state index contributed by atoms with van der Waals surface area (Å²) in [4.78, 5) is 36.1. The summed E-state index contributed by atoms with van der Waals surface area (Å²) in [7, 11) is 0. The predicted molar refractivity (Wildman–Crippen MR) is 154 cm³/mol. The first-order valence-corrected chi connectivity index (χ1v) is 13.6. The van der Waals surface area contributed by atoms with Gasteiger partial charge in [0, 0.05) is 44.7 Å². The Balaban J connectivity index is 1.35. The van der Waals surface area contributed by atoms with E-state index in [1.165, 1.54) is 17.5 Å². The Morgan fingerprint density at radius 3 is 2.62 bits per heavy atom. The van der Waals surface area contributed by atoms with Gasteiger partial charge in [0.1, 0.15) is 4.88 Å². The van der Waals surface area contributed by atoms with Crippen LogP contribution in [0, 0.1) is 18.3 Å². The van der Waals surface area contributed by atoms with E-state index in [1.54, 1.807) is 6.07 Å². The lowest BCUT2D eigenvalue weighted by molar-refractivity contribution is 0.103. The zero-order valence-electron chi connectivity index (χ0n) is 21.3. The standard InChI is InChI=1S/C27H26ClN9OS/c1-18-7-5-10-20(28)22(18)31-24(38)21-17-30-27(39-21)35-25-32-23(19-8-3-2-4-9-19)33-26(34-25)37-15-13-36(14-16-37)12-6-11-29/h2-5,7-10,17H,6,12-16H2,1H3,(H,31,38)(H,30,32,33,34,35). The van der Waals surface area contributed by atoms with Gasteiger partial charge in [-0.05, 0) is 18.6 Å². The van der Waals surface area contributed by atoms with E-state index in [0.29, 0.717) is 44.9 Å². The smallest absolute Gasteiger partial charge is 0.267 e. The Morgan fingerprint density at radius 1 is 1.08 bits per heavy atom. The van der Waals surface area contributed by atoms with Gasteiger partial charge in [0.15, 0.2) is 11.0 Å². The molecule has 1 amide bonds. The van der Waals surface area contributed by atoms with Crippen molar-refractivity contribution in [2.75, 3.05) is 48.3 Å². The monoisotopic (exact) mass is 559 g/mol. The fourth-order valence-electron chi connectivity index (χ4n) is 4.16. The molecule has 0 unspecified atom stereocenters. The third kappa shape index (κ3) is 6.49. The Hall–Kier alpha value is -4.11. The van der Waals surface area contributed by atoms with Crippen LogP contribution >= 0.6 is 22.9 Å². The van der Waals surface area contributed by atoms with E-state index in [4.69, 9.17) is 21.8 Å². The van der Waals surface area contributed by atoms with Crippen LogP contribution in [0.2, 0.25) is 5.02 Å². The molecule has 0 atom stereocenters. The lowest BCUT2D eigenvalue weighted by Crippen LogP contribution is -2.47. The van der Waals surface area contributed by atoms with Crippen LogP contribution in [0.3, 0.4) is 0 Å². The normalized spacial score (nSPS) is 13.6. The Labute approximate surface area is 235 Å². The second-order valence-electron chi connectivity index (χ2n) is 8.93. The summed E-state index contributed by atoms with van der Waals surface area (Å²) in [6, 6.07) is 17.4. The average Bonchev–Trinajstić information content (AvgIpc) is 3.43. The maximum Gasteiger partial charge on any atom is 0.267 e. The summed E-state index contributed by atoms with van der Waals surface area (Å²) >= 11 is 7.46. The minimum atomic E-state index is -0.299. The molecule has 5 rings (SSSR count). The number of halogens is 1. The molecule has 12 heteroatoms. The molecule has 2 aromatic heterocycles. The van der Waals surface area contributed by atoms with Gasteiger partial charge in [0.05, 0.1) is 23.0 Å². The number of nitrogens with zero attached hydrogens (tertiary/aromatic N) is 7. The number of hydrogen-bond donors (Lipinski definition) is 2. The molecule has 1 saturated heterocycles. The van der Waals surface area contributed by atoms with E-state index in [-0.39, 0.29) is 5.91 Å². The lowest BCUT2D eigenvalue weighted by Gasteiger charge is -2.34. The van der Waals surface area contributed by atoms with Crippen LogP contribution in [0.5, 0.6) is 0 Å². The largest absolute Gasteiger partial charge is 0.338 e. The fraction of sp³-hybridized carbons (Fsp3) is 0.259. The number of thiazole rings is 1. The highest BCUT2D eigenvalue weighted by Gasteiger charge is 2.21. The van der Waals surface area contributed by atoms with Gasteiger partial charge in [0.25, 0.3) is 5.91 Å². The van der Waals surface area contributed by atoms with Crippen LogP contribution in [-0.4, -0.2) is 63.5 Å². The number of nitriles is 1. The van der Waals surface area contributed by atoms with Crippen molar-refractivity contribution in [1.29, 1.82) is 5.26 Å². The van der Waals surface area contributed by atoms with Crippen molar-refractivity contribution < 1.29 is 4.79 Å². The average molecular weight is 560 g/mol. The van der Waals surface area contributed by atoms with E-state index >= 15 is 0 Å². The van der Waals surface area contributed by atoms with Crippen LogP contribution in [0.15, 0.2) is 54.7 Å². The van der Waals surface area contributed by atoms with Crippen molar-refractivity contribution in [3.05, 3.63) is 70.2 Å². The minimum absolute atomic E-state index is 0.299. The first kappa shape index (κ1) is 26.5. The number of aryl methyl sites for hydroxylation is 1. The van der Waals surface area contributed by atoms with Gasteiger partial charge < -0.3 is 10.2 Å². The van der Waals surface area contributed by atoms with Crippen molar-refractivity contribution in [3.8, 4) is 17.5 Å². The molecule has 1 aliphatic rings. The van der Waals surface area contributed by atoms with Crippen LogP contribution < -0.4 is 15.5 Å². The van der Waals surface area contributed by atoms with Gasteiger partial charge in [0.2, 0.25) is 11.9 Å². The van der Waals surface area contributed by atoms with Crippen molar-refractivity contribution >= 4 is 51.6 Å². The third-order valence-corrected chi connectivity index (χ3v) is 7.49. The van der Waals surface area contributed by atoms with Crippen molar-refractivity contribution in [2.45, 2.75) is 13.3 Å². The molecular formula is C27H26ClN9OS. The summed E-state index contributed by atoms with van der Waals surface area (Å²) in [5.74, 6) is 1.15. The number of amides is 1. The number of hydrogen-bond acceptors (Lipinski definition) is 10. The van der Waals surface area contributed by atoms with Crippen molar-refractivity contribution in [2.24, 2.45) is 0 Å². The molecule has 2 aromatic carbocycles. The molecule has 10 nitrogen and oxygen atoms in total. The summed E-state index contributed by atoms with van der Waals surface area (Å²) in [6.07, 6.45) is 2.03. The first-order chi connectivity index (χ1) is 19.0. The first-order valence-electron chi connectivity index (χ1n) is 12.5. The number of benzene rings is 2. The number of carbonyl (C=O) groups excluding carboxylic acids is 1. The number of carbonyl (C=O) groups is 1. The number of para-hydroxylation sites is 1. The summed E-state index contributed by atoms with van der Waals surface area (Å²) in [5.41, 5.74) is 2.32. The molecule has 3 heterocycles. The molecule has 2 N–H and O–H groups in total. The van der Waals surface area contributed by atoms with E-state index in [1.807, 2.05) is 49.4 Å². The summed E-state index contributed by atoms with van der Waals surface area (Å²) < 4.78 is 0. The highest BCUT2D eigenvalue weighted by atomic mass is 35.5. The van der Waals surface area contributed by atoms with Gasteiger partial charge in [-0.1, -0.05) is 65.4 Å². The molecular weight excluding hydrogens is 534 g/mol. The predicted octanol–water partition coefficient (Wildman–Crippen LogP) is 4.99. The summed E-state index contributed by atoms with van der Waals surface area (Å²) in [6.45, 7) is 5.78. The zero-order valence-corrected chi connectivity index (χ0v) is 22.8. The molecule has 0 spiro atoms. The second-order valence-corrected chi connectivity index (χ2v) is 10.4. The van der Waals surface area contributed by atoms with Crippen molar-refractivity contribution in [3.63, 3.8) is 0 Å². The van der Waals surface area contributed by atoms with Gasteiger partial charge in [-0.2, -0.15) is 20.2 Å². The number of piperazine rings is 1. The number of anilines is 4. The minimum Gasteiger partial charge on any atom is -0.338 e. The van der Waals surface area contributed by atoms with E-state index in [9.17, 15) is 4.79 Å². The fourth-order valence-corrected chi connectivity index (χ4v) is 5.13. The van der Waals surface area contributed by atoms with E-state index in [2.05, 4.69) is 41.5 Å². The molecule has 0 radical (unpaired) electrons. The molecule has 0 saturated carbocycles. The second kappa shape index (κ2) is 12.2. The maximum atomic E-state index is 12.9. The quantitative estimate of drug-likeness (QED) is 0.307. The van der Waals surface area contributed by atoms with Gasteiger partial charge in [-0.3, -0.25) is 15.0 Å². The van der Waals surface area contributed by atoms with Crippen LogP contribution in [0.1, 0.15) is 21.7 Å². The lowest BCUT2D eigenvalue weighted by atomic mass is 10.2. The van der Waals surface area contributed by atoms with Crippen LogP contribution in [0.4, 0.5) is 22.7 Å². The zero-order chi connectivity index (χ0) is 27.2. The molecule has 1 aliphatic heterocycles. The maximum absolute atomic E-state index is 12.9. The van der Waals surface area contributed by atoms with E-state index < -0.39 is 0 Å². The Kier molecular flexibility index (Phi) is 8.27. The molecule has 0 aliphatic carbocycles. The molecule has 198 valence electrons. The topological polar surface area (TPSA) is 123 Å². The molecule has 1 fully saturated rings. The van der Waals surface area contributed by atoms with Gasteiger partial charge in [-0.15, -0.1) is 0 Å². The number of rotatable bonds is 8.